The van der Waals surface area contributed by atoms with Crippen molar-refractivity contribution in [2.24, 2.45) is 0 Å². The first-order valence-corrected chi connectivity index (χ1v) is 7.43. The van der Waals surface area contributed by atoms with Gasteiger partial charge < -0.3 is 10.0 Å². The smallest absolute Gasteiger partial charge is 0.231 e. The molecule has 1 aromatic heterocycles. The normalized spacial score (nSPS) is 15.6. The van der Waals surface area contributed by atoms with Crippen molar-refractivity contribution >= 4 is 22.9 Å². The molecule has 4 heteroatoms. The molecule has 3 nitrogen and oxygen atoms in total. The summed E-state index contributed by atoms with van der Waals surface area (Å²) in [6.07, 6.45) is -0.187. The fourth-order valence-corrected chi connectivity index (χ4v) is 3.62. The van der Waals surface area contributed by atoms with E-state index in [4.69, 9.17) is 0 Å². The summed E-state index contributed by atoms with van der Waals surface area (Å²) in [6.45, 7) is 4.12. The Kier molecular flexibility index (Phi) is 3.15. The summed E-state index contributed by atoms with van der Waals surface area (Å²) in [7, 11) is 1.79. The average molecular weight is 287 g/mol. The predicted octanol–water partition coefficient (Wildman–Crippen LogP) is 2.97. The molecule has 1 unspecified atom stereocenters. The van der Waals surface area contributed by atoms with Crippen molar-refractivity contribution < 1.29 is 9.90 Å². The number of benzene rings is 1. The number of aliphatic hydroxyl groups excluding tert-OH is 1. The van der Waals surface area contributed by atoms with Crippen LogP contribution >= 0.6 is 11.3 Å². The Morgan fingerprint density at radius 3 is 2.70 bits per heavy atom. The highest BCUT2D eigenvalue weighted by Gasteiger charge is 2.25. The first-order chi connectivity index (χ1) is 9.47. The number of anilines is 1. The van der Waals surface area contributed by atoms with Crippen molar-refractivity contribution in [3.05, 3.63) is 50.7 Å². The van der Waals surface area contributed by atoms with E-state index in [1.807, 2.05) is 24.3 Å². The van der Waals surface area contributed by atoms with Gasteiger partial charge in [-0.2, -0.15) is 0 Å². The van der Waals surface area contributed by atoms with Crippen LogP contribution in [0.3, 0.4) is 0 Å². The van der Waals surface area contributed by atoms with Gasteiger partial charge in [0.1, 0.15) is 6.10 Å². The highest BCUT2D eigenvalue weighted by Crippen LogP contribution is 2.34. The molecule has 0 radical (unpaired) electrons. The highest BCUT2D eigenvalue weighted by molar-refractivity contribution is 7.12. The summed E-state index contributed by atoms with van der Waals surface area (Å²) in [5, 5.41) is 10.5. The lowest BCUT2D eigenvalue weighted by molar-refractivity contribution is -0.117. The molecule has 1 N–H and O–H groups in total. The van der Waals surface area contributed by atoms with Gasteiger partial charge in [0, 0.05) is 22.5 Å². The van der Waals surface area contributed by atoms with Crippen LogP contribution in [0.25, 0.3) is 0 Å². The highest BCUT2D eigenvalue weighted by atomic mass is 32.1. The van der Waals surface area contributed by atoms with Crippen LogP contribution in [0.2, 0.25) is 0 Å². The molecule has 1 aromatic carbocycles. The Balaban J connectivity index is 1.96. The number of carbonyl (C=O) groups is 1. The van der Waals surface area contributed by atoms with Gasteiger partial charge in [-0.15, -0.1) is 11.3 Å². The molecule has 1 aliphatic rings. The zero-order valence-electron chi connectivity index (χ0n) is 11.8. The van der Waals surface area contributed by atoms with Crippen molar-refractivity contribution in [3.63, 3.8) is 0 Å². The van der Waals surface area contributed by atoms with E-state index in [1.165, 1.54) is 10.4 Å². The topological polar surface area (TPSA) is 40.5 Å². The molecule has 0 saturated carbocycles. The van der Waals surface area contributed by atoms with E-state index in [9.17, 15) is 9.90 Å². The number of hydrogen-bond acceptors (Lipinski definition) is 3. The fraction of sp³-hybridized carbons (Fsp3) is 0.312. The van der Waals surface area contributed by atoms with E-state index in [0.717, 1.165) is 21.7 Å². The summed E-state index contributed by atoms with van der Waals surface area (Å²) in [6, 6.07) is 7.82. The van der Waals surface area contributed by atoms with E-state index < -0.39 is 6.10 Å². The average Bonchev–Trinajstić information content (AvgIpc) is 2.90. The molecule has 1 aliphatic heterocycles. The number of nitrogens with zero attached hydrogens (tertiary/aromatic N) is 1. The van der Waals surface area contributed by atoms with E-state index in [0.29, 0.717) is 6.42 Å². The maximum Gasteiger partial charge on any atom is 0.231 e. The molecule has 2 aromatic rings. The van der Waals surface area contributed by atoms with Crippen molar-refractivity contribution in [3.8, 4) is 0 Å². The van der Waals surface area contributed by atoms with Crippen molar-refractivity contribution in [1.29, 1.82) is 0 Å². The van der Waals surface area contributed by atoms with E-state index in [-0.39, 0.29) is 5.91 Å². The summed E-state index contributed by atoms with van der Waals surface area (Å²) in [5.41, 5.74) is 4.01. The minimum absolute atomic E-state index is 0.106. The second-order valence-electron chi connectivity index (χ2n) is 5.31. The third kappa shape index (κ3) is 2.05. The molecule has 0 aliphatic carbocycles. The Hall–Kier alpha value is -1.65. The van der Waals surface area contributed by atoms with Crippen LogP contribution in [-0.2, 0) is 11.2 Å². The summed E-state index contributed by atoms with van der Waals surface area (Å²) >= 11 is 1.62. The molecule has 104 valence electrons. The second kappa shape index (κ2) is 4.72. The Bertz CT molecular complexity index is 670. The summed E-state index contributed by atoms with van der Waals surface area (Å²) in [5.74, 6) is 0.106. The third-order valence-corrected chi connectivity index (χ3v) is 5.16. The van der Waals surface area contributed by atoms with Gasteiger partial charge in [-0.25, -0.2) is 0 Å². The molecule has 0 fully saturated rings. The van der Waals surface area contributed by atoms with Gasteiger partial charge in [0.2, 0.25) is 5.91 Å². The molecule has 1 atom stereocenters. The second-order valence-corrected chi connectivity index (χ2v) is 6.60. The monoisotopic (exact) mass is 287 g/mol. The van der Waals surface area contributed by atoms with Gasteiger partial charge in [-0.05, 0) is 42.7 Å². The minimum atomic E-state index is -0.612. The number of thiophene rings is 1. The zero-order chi connectivity index (χ0) is 14.4. The van der Waals surface area contributed by atoms with Crippen molar-refractivity contribution in [2.45, 2.75) is 26.4 Å². The number of rotatable bonds is 2. The third-order valence-electron chi connectivity index (χ3n) is 3.95. The van der Waals surface area contributed by atoms with Gasteiger partial charge in [0.25, 0.3) is 0 Å². The first kappa shape index (κ1) is 13.3. The lowest BCUT2D eigenvalue weighted by Crippen LogP contribution is -2.20. The maximum absolute atomic E-state index is 11.7. The van der Waals surface area contributed by atoms with Crippen LogP contribution < -0.4 is 4.90 Å². The van der Waals surface area contributed by atoms with Gasteiger partial charge in [0.15, 0.2) is 0 Å². The van der Waals surface area contributed by atoms with Crippen LogP contribution in [0.4, 0.5) is 5.69 Å². The fourth-order valence-electron chi connectivity index (χ4n) is 2.56. The van der Waals surface area contributed by atoms with E-state index >= 15 is 0 Å². The lowest BCUT2D eigenvalue weighted by atomic mass is 10.0. The number of carbonyl (C=O) groups excluding carboxylic acids is 1. The molecule has 0 spiro atoms. The molecule has 2 heterocycles. The Morgan fingerprint density at radius 1 is 1.30 bits per heavy atom. The number of hydrogen-bond donors (Lipinski definition) is 1. The van der Waals surface area contributed by atoms with Crippen LogP contribution in [0.15, 0.2) is 24.3 Å². The zero-order valence-corrected chi connectivity index (χ0v) is 12.6. The first-order valence-electron chi connectivity index (χ1n) is 6.61. The maximum atomic E-state index is 11.7. The Morgan fingerprint density at radius 2 is 2.05 bits per heavy atom. The Labute approximate surface area is 122 Å². The van der Waals surface area contributed by atoms with E-state index in [1.54, 1.807) is 23.3 Å². The van der Waals surface area contributed by atoms with Gasteiger partial charge in [0.05, 0.1) is 6.42 Å². The molecule has 20 heavy (non-hydrogen) atoms. The lowest BCUT2D eigenvalue weighted by Gasteiger charge is -2.13. The van der Waals surface area contributed by atoms with Gasteiger partial charge >= 0.3 is 0 Å². The van der Waals surface area contributed by atoms with Crippen LogP contribution in [0.1, 0.15) is 32.5 Å². The molecular weight excluding hydrogens is 270 g/mol. The van der Waals surface area contributed by atoms with Crippen molar-refractivity contribution in [1.82, 2.24) is 0 Å². The molecule has 3 rings (SSSR count). The van der Waals surface area contributed by atoms with Gasteiger partial charge in [-0.1, -0.05) is 12.1 Å². The molecule has 0 saturated heterocycles. The SMILES string of the molecule is Cc1cc(C(O)c2ccc3c(c2)CC(=O)N3C)sc1C. The number of fused-ring (bicyclic) bond motifs is 1. The number of aryl methyl sites for hydroxylation is 2. The van der Waals surface area contributed by atoms with Crippen LogP contribution in [0.5, 0.6) is 0 Å². The van der Waals surface area contributed by atoms with Gasteiger partial charge in [-0.3, -0.25) is 4.79 Å². The summed E-state index contributed by atoms with van der Waals surface area (Å²) in [4.78, 5) is 15.6. The standard InChI is InChI=1S/C16H17NO2S/c1-9-6-14(20-10(9)2)16(19)11-4-5-13-12(7-11)8-15(18)17(13)3/h4-7,16,19H,8H2,1-3H3. The van der Waals surface area contributed by atoms with Crippen LogP contribution in [0, 0.1) is 13.8 Å². The molecular formula is C16H17NO2S. The number of likely N-dealkylation sites (N-methyl/N-ethyl adjacent to an activating group) is 1. The predicted molar refractivity (Wildman–Crippen MR) is 81.4 cm³/mol. The summed E-state index contributed by atoms with van der Waals surface area (Å²) < 4.78 is 0. The number of amides is 1. The minimum Gasteiger partial charge on any atom is -0.383 e. The van der Waals surface area contributed by atoms with Crippen LogP contribution in [-0.4, -0.2) is 18.1 Å². The van der Waals surface area contributed by atoms with Crippen molar-refractivity contribution in [2.75, 3.05) is 11.9 Å². The number of aliphatic hydroxyl groups is 1. The molecule has 1 amide bonds. The molecule has 0 bridgehead atoms. The van der Waals surface area contributed by atoms with E-state index in [2.05, 4.69) is 13.8 Å². The quantitative estimate of drug-likeness (QED) is 0.922. The largest absolute Gasteiger partial charge is 0.383 e.